The smallest absolute Gasteiger partial charge is 0.325 e. The molecule has 1 amide bonds. The first-order valence-corrected chi connectivity index (χ1v) is 11.0. The molecule has 0 radical (unpaired) electrons. The Labute approximate surface area is 160 Å². The van der Waals surface area contributed by atoms with Crippen LogP contribution in [0, 0.1) is 0 Å². The normalized spacial score (nSPS) is 21.6. The van der Waals surface area contributed by atoms with Crippen LogP contribution in [0.1, 0.15) is 37.8 Å². The van der Waals surface area contributed by atoms with E-state index in [1.807, 2.05) is 24.3 Å². The van der Waals surface area contributed by atoms with Gasteiger partial charge in [-0.15, -0.1) is 0 Å². The molecular weight excluding hydrogens is 368 g/mol. The number of rotatable bonds is 5. The van der Waals surface area contributed by atoms with E-state index in [-0.39, 0.29) is 24.6 Å². The Morgan fingerprint density at radius 3 is 2.44 bits per heavy atom. The summed E-state index contributed by atoms with van der Waals surface area (Å²) in [6.45, 7) is 4.59. The predicted molar refractivity (Wildman–Crippen MR) is 100 cm³/mol. The molecule has 27 heavy (non-hydrogen) atoms. The van der Waals surface area contributed by atoms with E-state index < -0.39 is 28.1 Å². The topological polar surface area (TPSA) is 84.0 Å². The van der Waals surface area contributed by atoms with E-state index in [0.29, 0.717) is 13.1 Å². The summed E-state index contributed by atoms with van der Waals surface area (Å²) in [7, 11) is -3.59. The lowest BCUT2D eigenvalue weighted by Gasteiger charge is -2.34. The average Bonchev–Trinajstić information content (AvgIpc) is 3.20. The van der Waals surface area contributed by atoms with Gasteiger partial charge in [0.05, 0.1) is 5.75 Å². The van der Waals surface area contributed by atoms with Crippen molar-refractivity contribution in [2.24, 2.45) is 0 Å². The van der Waals surface area contributed by atoms with Crippen molar-refractivity contribution in [3.05, 3.63) is 35.4 Å². The van der Waals surface area contributed by atoms with Gasteiger partial charge >= 0.3 is 5.97 Å². The van der Waals surface area contributed by atoms with Crippen molar-refractivity contribution in [3.8, 4) is 0 Å². The Balaban J connectivity index is 1.79. The molecular formula is C19H26N2O5S. The van der Waals surface area contributed by atoms with Gasteiger partial charge in [-0.2, -0.15) is 4.31 Å². The molecule has 0 N–H and O–H groups in total. The molecule has 2 aliphatic heterocycles. The third-order valence-electron chi connectivity index (χ3n) is 5.26. The Morgan fingerprint density at radius 2 is 1.81 bits per heavy atom. The molecule has 1 aromatic carbocycles. The molecule has 0 spiro atoms. The van der Waals surface area contributed by atoms with Crippen LogP contribution in [-0.4, -0.2) is 60.5 Å². The summed E-state index contributed by atoms with van der Waals surface area (Å²) in [6, 6.07) is 6.54. The van der Waals surface area contributed by atoms with E-state index in [1.165, 1.54) is 4.31 Å². The zero-order valence-electron chi connectivity index (χ0n) is 15.8. The Bertz CT molecular complexity index is 817. The molecule has 0 saturated carbocycles. The van der Waals surface area contributed by atoms with Gasteiger partial charge in [0, 0.05) is 26.1 Å². The fourth-order valence-corrected chi connectivity index (χ4v) is 4.87. The molecule has 0 aliphatic carbocycles. The van der Waals surface area contributed by atoms with Crippen LogP contribution in [0.2, 0.25) is 0 Å². The van der Waals surface area contributed by atoms with Crippen LogP contribution in [0.15, 0.2) is 24.3 Å². The highest BCUT2D eigenvalue weighted by atomic mass is 32.2. The molecule has 2 heterocycles. The highest BCUT2D eigenvalue weighted by Gasteiger charge is 2.40. The van der Waals surface area contributed by atoms with Crippen LogP contribution in [0.5, 0.6) is 0 Å². The standard InChI is InChI=1S/C19H26N2O5S/c1-3-27(24,25)21-13-16-9-5-4-8-15(16)12-17(21)19(23)26-14(2)18(22)20-10-6-7-11-20/h4-5,8-9,14,17H,3,6-7,10-13H2,1-2H3. The number of hydrogen-bond donors (Lipinski definition) is 0. The summed E-state index contributed by atoms with van der Waals surface area (Å²) in [5, 5.41) is 0. The second-order valence-electron chi connectivity index (χ2n) is 7.05. The quantitative estimate of drug-likeness (QED) is 0.703. The van der Waals surface area contributed by atoms with Crippen molar-refractivity contribution in [1.82, 2.24) is 9.21 Å². The third-order valence-corrected chi connectivity index (χ3v) is 7.09. The number of amides is 1. The van der Waals surface area contributed by atoms with E-state index in [1.54, 1.807) is 18.7 Å². The Hall–Kier alpha value is -1.93. The van der Waals surface area contributed by atoms with Crippen molar-refractivity contribution < 1.29 is 22.7 Å². The molecule has 2 aliphatic rings. The molecule has 3 rings (SSSR count). The first-order valence-electron chi connectivity index (χ1n) is 9.39. The van der Waals surface area contributed by atoms with Crippen LogP contribution in [0.3, 0.4) is 0 Å². The summed E-state index contributed by atoms with van der Waals surface area (Å²) >= 11 is 0. The molecule has 2 unspecified atom stereocenters. The van der Waals surface area contributed by atoms with Crippen molar-refractivity contribution in [2.75, 3.05) is 18.8 Å². The van der Waals surface area contributed by atoms with Gasteiger partial charge in [0.2, 0.25) is 10.0 Å². The lowest BCUT2D eigenvalue weighted by molar-refractivity contribution is -0.162. The van der Waals surface area contributed by atoms with Crippen molar-refractivity contribution >= 4 is 21.9 Å². The molecule has 1 saturated heterocycles. The van der Waals surface area contributed by atoms with Crippen molar-refractivity contribution in [2.45, 2.75) is 51.8 Å². The van der Waals surface area contributed by atoms with E-state index >= 15 is 0 Å². The largest absolute Gasteiger partial charge is 0.451 e. The van der Waals surface area contributed by atoms with Crippen molar-refractivity contribution in [3.63, 3.8) is 0 Å². The molecule has 7 nitrogen and oxygen atoms in total. The number of carbonyl (C=O) groups excluding carboxylic acids is 2. The lowest BCUT2D eigenvalue weighted by Crippen LogP contribution is -2.51. The summed E-state index contributed by atoms with van der Waals surface area (Å²) in [5.74, 6) is -0.982. The van der Waals surface area contributed by atoms with Gasteiger partial charge in [-0.1, -0.05) is 24.3 Å². The first-order chi connectivity index (χ1) is 12.8. The summed E-state index contributed by atoms with van der Waals surface area (Å²) in [6.07, 6.45) is 1.24. The zero-order valence-corrected chi connectivity index (χ0v) is 16.6. The number of ether oxygens (including phenoxy) is 1. The highest BCUT2D eigenvalue weighted by molar-refractivity contribution is 7.89. The van der Waals surface area contributed by atoms with Crippen LogP contribution in [-0.2, 0) is 37.3 Å². The van der Waals surface area contributed by atoms with Gasteiger partial charge in [0.1, 0.15) is 6.04 Å². The second-order valence-corrected chi connectivity index (χ2v) is 9.26. The fraction of sp³-hybridized carbons (Fsp3) is 0.579. The van der Waals surface area contributed by atoms with Gasteiger partial charge in [0.15, 0.2) is 6.10 Å². The fourth-order valence-electron chi connectivity index (χ4n) is 3.66. The minimum atomic E-state index is -3.59. The molecule has 1 fully saturated rings. The molecule has 0 bridgehead atoms. The first kappa shape index (κ1) is 19.8. The average molecular weight is 394 g/mol. The molecule has 148 valence electrons. The van der Waals surface area contributed by atoms with Gasteiger partial charge in [-0.25, -0.2) is 8.42 Å². The highest BCUT2D eigenvalue weighted by Crippen LogP contribution is 2.27. The number of benzene rings is 1. The molecule has 1 aromatic rings. The molecule has 0 aromatic heterocycles. The van der Waals surface area contributed by atoms with E-state index in [2.05, 4.69) is 0 Å². The number of carbonyl (C=O) groups is 2. The minimum absolute atomic E-state index is 0.0960. The number of fused-ring (bicyclic) bond motifs is 1. The lowest BCUT2D eigenvalue weighted by atomic mass is 9.96. The van der Waals surface area contributed by atoms with Crippen LogP contribution in [0.25, 0.3) is 0 Å². The number of likely N-dealkylation sites (tertiary alicyclic amines) is 1. The molecule has 8 heteroatoms. The maximum atomic E-state index is 12.8. The van der Waals surface area contributed by atoms with Gasteiger partial charge < -0.3 is 9.64 Å². The summed E-state index contributed by atoms with van der Waals surface area (Å²) in [4.78, 5) is 26.9. The van der Waals surface area contributed by atoms with Crippen molar-refractivity contribution in [1.29, 1.82) is 0 Å². The summed E-state index contributed by atoms with van der Waals surface area (Å²) in [5.41, 5.74) is 1.82. The Kier molecular flexibility index (Phi) is 5.86. The van der Waals surface area contributed by atoms with Crippen LogP contribution in [0.4, 0.5) is 0 Å². The van der Waals surface area contributed by atoms with E-state index in [4.69, 9.17) is 4.74 Å². The van der Waals surface area contributed by atoms with Gasteiger partial charge in [-0.05, 0) is 37.8 Å². The van der Waals surface area contributed by atoms with E-state index in [0.717, 1.165) is 24.0 Å². The number of sulfonamides is 1. The van der Waals surface area contributed by atoms with E-state index in [9.17, 15) is 18.0 Å². The maximum absolute atomic E-state index is 12.8. The zero-order chi connectivity index (χ0) is 19.6. The number of hydrogen-bond acceptors (Lipinski definition) is 5. The SMILES string of the molecule is CCS(=O)(=O)N1Cc2ccccc2CC1C(=O)OC(C)C(=O)N1CCCC1. The Morgan fingerprint density at radius 1 is 1.19 bits per heavy atom. The predicted octanol–water partition coefficient (Wildman–Crippen LogP) is 1.32. The minimum Gasteiger partial charge on any atom is -0.451 e. The second kappa shape index (κ2) is 7.98. The summed E-state index contributed by atoms with van der Waals surface area (Å²) < 4.78 is 31.7. The number of esters is 1. The van der Waals surface area contributed by atoms with Crippen LogP contribution < -0.4 is 0 Å². The number of nitrogens with zero attached hydrogens (tertiary/aromatic N) is 2. The van der Waals surface area contributed by atoms with Crippen LogP contribution >= 0.6 is 0 Å². The third kappa shape index (κ3) is 4.16. The monoisotopic (exact) mass is 394 g/mol. The molecule has 2 atom stereocenters. The maximum Gasteiger partial charge on any atom is 0.325 e. The van der Waals surface area contributed by atoms with Gasteiger partial charge in [0.25, 0.3) is 5.91 Å². The van der Waals surface area contributed by atoms with Gasteiger partial charge in [-0.3, -0.25) is 9.59 Å².